The first kappa shape index (κ1) is 9.62. The number of aliphatic imine (C=N–C) groups is 1. The van der Waals surface area contributed by atoms with Gasteiger partial charge in [-0.2, -0.15) is 20.1 Å². The van der Waals surface area contributed by atoms with Gasteiger partial charge in [0.05, 0.1) is 17.4 Å². The SMILES string of the molecule is C(=Nc1cccc2nsnc12)c1ccsc1. The van der Waals surface area contributed by atoms with Crippen molar-refractivity contribution in [2.24, 2.45) is 4.99 Å². The molecule has 3 aromatic rings. The highest BCUT2D eigenvalue weighted by molar-refractivity contribution is 7.08. The van der Waals surface area contributed by atoms with Crippen molar-refractivity contribution < 1.29 is 0 Å². The Morgan fingerprint density at radius 1 is 1.19 bits per heavy atom. The molecule has 0 atom stereocenters. The smallest absolute Gasteiger partial charge is 0.130 e. The van der Waals surface area contributed by atoms with Crippen LogP contribution in [0.4, 0.5) is 5.69 Å². The van der Waals surface area contributed by atoms with Gasteiger partial charge in [0.2, 0.25) is 0 Å². The van der Waals surface area contributed by atoms with Gasteiger partial charge < -0.3 is 0 Å². The molecule has 0 amide bonds. The number of nitrogens with zero attached hydrogens (tertiary/aromatic N) is 3. The third kappa shape index (κ3) is 1.75. The first-order valence-electron chi connectivity index (χ1n) is 4.71. The van der Waals surface area contributed by atoms with Crippen LogP contribution < -0.4 is 0 Å². The maximum Gasteiger partial charge on any atom is 0.130 e. The summed E-state index contributed by atoms with van der Waals surface area (Å²) in [6.07, 6.45) is 1.85. The van der Waals surface area contributed by atoms with Crippen LogP contribution in [0.3, 0.4) is 0 Å². The summed E-state index contributed by atoms with van der Waals surface area (Å²) in [5.74, 6) is 0. The summed E-state index contributed by atoms with van der Waals surface area (Å²) < 4.78 is 8.42. The van der Waals surface area contributed by atoms with Crippen LogP contribution >= 0.6 is 23.1 Å². The van der Waals surface area contributed by atoms with E-state index in [1.54, 1.807) is 11.3 Å². The summed E-state index contributed by atoms with van der Waals surface area (Å²) in [7, 11) is 0. The zero-order valence-electron chi connectivity index (χ0n) is 8.20. The average molecular weight is 245 g/mol. The van der Waals surface area contributed by atoms with Crippen molar-refractivity contribution in [2.45, 2.75) is 0 Å². The second kappa shape index (κ2) is 4.11. The lowest BCUT2D eigenvalue weighted by Crippen LogP contribution is -1.75. The van der Waals surface area contributed by atoms with Crippen LogP contribution in [0.15, 0.2) is 40.0 Å². The van der Waals surface area contributed by atoms with Crippen LogP contribution in [-0.2, 0) is 0 Å². The number of thiophene rings is 1. The zero-order valence-corrected chi connectivity index (χ0v) is 9.83. The lowest BCUT2D eigenvalue weighted by Gasteiger charge is -1.92. The molecule has 0 aliphatic rings. The van der Waals surface area contributed by atoms with Crippen LogP contribution in [-0.4, -0.2) is 15.0 Å². The molecule has 0 fully saturated rings. The van der Waals surface area contributed by atoms with Crippen LogP contribution in [0.25, 0.3) is 11.0 Å². The fraction of sp³-hybridized carbons (Fsp3) is 0. The standard InChI is InChI=1S/C11H7N3S2/c1-2-9(11-10(3-1)13-16-14-11)12-6-8-4-5-15-7-8/h1-7H. The molecule has 16 heavy (non-hydrogen) atoms. The molecular weight excluding hydrogens is 238 g/mol. The van der Waals surface area contributed by atoms with Crippen LogP contribution in [0, 0.1) is 0 Å². The molecular formula is C11H7N3S2. The van der Waals surface area contributed by atoms with Crippen LogP contribution in [0.5, 0.6) is 0 Å². The molecule has 0 saturated carbocycles. The van der Waals surface area contributed by atoms with E-state index in [4.69, 9.17) is 0 Å². The Hall–Kier alpha value is -1.59. The summed E-state index contributed by atoms with van der Waals surface area (Å²) in [5, 5.41) is 4.09. The van der Waals surface area contributed by atoms with E-state index in [1.807, 2.05) is 35.9 Å². The lowest BCUT2D eigenvalue weighted by atomic mass is 10.2. The molecule has 0 bridgehead atoms. The normalized spacial score (nSPS) is 11.5. The number of rotatable bonds is 2. The quantitative estimate of drug-likeness (QED) is 0.648. The zero-order chi connectivity index (χ0) is 10.8. The third-order valence-corrected chi connectivity index (χ3v) is 3.40. The molecule has 0 radical (unpaired) electrons. The highest BCUT2D eigenvalue weighted by Gasteiger charge is 2.02. The minimum Gasteiger partial charge on any atom is -0.254 e. The van der Waals surface area contributed by atoms with Gasteiger partial charge in [-0.15, -0.1) is 0 Å². The number of fused-ring (bicyclic) bond motifs is 1. The molecule has 5 heteroatoms. The van der Waals surface area contributed by atoms with Crippen molar-refractivity contribution in [1.29, 1.82) is 0 Å². The van der Waals surface area contributed by atoms with E-state index in [1.165, 1.54) is 11.7 Å². The predicted octanol–water partition coefficient (Wildman–Crippen LogP) is 3.50. The Morgan fingerprint density at radius 3 is 3.06 bits per heavy atom. The molecule has 0 unspecified atom stereocenters. The molecule has 0 N–H and O–H groups in total. The second-order valence-electron chi connectivity index (χ2n) is 3.22. The largest absolute Gasteiger partial charge is 0.254 e. The molecule has 0 aliphatic heterocycles. The van der Waals surface area contributed by atoms with Crippen molar-refractivity contribution in [1.82, 2.24) is 8.75 Å². The Bertz CT molecular complexity index is 626. The van der Waals surface area contributed by atoms with Gasteiger partial charge in [0.1, 0.15) is 11.0 Å². The van der Waals surface area contributed by atoms with Crippen molar-refractivity contribution in [2.75, 3.05) is 0 Å². The molecule has 3 rings (SSSR count). The van der Waals surface area contributed by atoms with Gasteiger partial charge in [-0.05, 0) is 29.0 Å². The van der Waals surface area contributed by atoms with Gasteiger partial charge in [-0.1, -0.05) is 6.07 Å². The molecule has 2 heterocycles. The fourth-order valence-corrected chi connectivity index (χ4v) is 2.54. The maximum atomic E-state index is 4.43. The number of hydrogen-bond donors (Lipinski definition) is 0. The molecule has 3 nitrogen and oxygen atoms in total. The second-order valence-corrected chi connectivity index (χ2v) is 4.53. The Morgan fingerprint density at radius 2 is 2.19 bits per heavy atom. The molecule has 1 aromatic carbocycles. The van der Waals surface area contributed by atoms with Gasteiger partial charge in [0.15, 0.2) is 0 Å². The first-order valence-corrected chi connectivity index (χ1v) is 6.38. The summed E-state index contributed by atoms with van der Waals surface area (Å²) in [4.78, 5) is 4.43. The number of aromatic nitrogens is 2. The van der Waals surface area contributed by atoms with E-state index in [2.05, 4.69) is 19.1 Å². The van der Waals surface area contributed by atoms with Crippen molar-refractivity contribution in [3.63, 3.8) is 0 Å². The number of hydrogen-bond acceptors (Lipinski definition) is 5. The van der Waals surface area contributed by atoms with Gasteiger partial charge in [0, 0.05) is 11.8 Å². The van der Waals surface area contributed by atoms with E-state index in [0.29, 0.717) is 0 Å². The highest BCUT2D eigenvalue weighted by atomic mass is 32.1. The Labute approximate surface area is 100 Å². The van der Waals surface area contributed by atoms with Crippen LogP contribution in [0.2, 0.25) is 0 Å². The minimum absolute atomic E-state index is 0.873. The third-order valence-electron chi connectivity index (χ3n) is 2.16. The van der Waals surface area contributed by atoms with E-state index >= 15 is 0 Å². The maximum absolute atomic E-state index is 4.43. The summed E-state index contributed by atoms with van der Waals surface area (Å²) >= 11 is 2.88. The first-order chi connectivity index (χ1) is 7.93. The molecule has 0 saturated heterocycles. The number of benzene rings is 1. The average Bonchev–Trinajstić information content (AvgIpc) is 2.97. The molecule has 2 aromatic heterocycles. The minimum atomic E-state index is 0.873. The topological polar surface area (TPSA) is 38.1 Å². The van der Waals surface area contributed by atoms with Gasteiger partial charge >= 0.3 is 0 Å². The van der Waals surface area contributed by atoms with Gasteiger partial charge in [-0.3, -0.25) is 4.99 Å². The molecule has 0 spiro atoms. The van der Waals surface area contributed by atoms with E-state index in [-0.39, 0.29) is 0 Å². The predicted molar refractivity (Wildman–Crippen MR) is 69.0 cm³/mol. The summed E-state index contributed by atoms with van der Waals surface area (Å²) in [6, 6.07) is 7.88. The monoisotopic (exact) mass is 245 g/mol. The van der Waals surface area contributed by atoms with E-state index in [9.17, 15) is 0 Å². The van der Waals surface area contributed by atoms with Crippen molar-refractivity contribution in [3.05, 3.63) is 40.6 Å². The highest BCUT2D eigenvalue weighted by Crippen LogP contribution is 2.23. The van der Waals surface area contributed by atoms with Gasteiger partial charge in [-0.25, -0.2) is 0 Å². The summed E-state index contributed by atoms with van der Waals surface area (Å²) in [6.45, 7) is 0. The van der Waals surface area contributed by atoms with E-state index in [0.717, 1.165) is 22.3 Å². The van der Waals surface area contributed by atoms with Crippen molar-refractivity contribution in [3.8, 4) is 0 Å². The van der Waals surface area contributed by atoms with Gasteiger partial charge in [0.25, 0.3) is 0 Å². The lowest BCUT2D eigenvalue weighted by molar-refractivity contribution is 1.53. The summed E-state index contributed by atoms with van der Waals surface area (Å²) in [5.41, 5.74) is 3.77. The molecule has 78 valence electrons. The van der Waals surface area contributed by atoms with Crippen molar-refractivity contribution >= 4 is 46.0 Å². The van der Waals surface area contributed by atoms with E-state index < -0.39 is 0 Å². The Balaban J connectivity index is 2.03. The Kier molecular flexibility index (Phi) is 2.47. The fourth-order valence-electron chi connectivity index (χ4n) is 1.39. The molecule has 0 aliphatic carbocycles. The van der Waals surface area contributed by atoms with Crippen LogP contribution in [0.1, 0.15) is 5.56 Å².